The fourth-order valence-corrected chi connectivity index (χ4v) is 1.46. The molecular formula is C8H11N2O5P. The van der Waals surface area contributed by atoms with E-state index in [1.165, 1.54) is 12.2 Å². The predicted octanol–water partition coefficient (Wildman–Crippen LogP) is -0.989. The third-order valence-corrected chi connectivity index (χ3v) is 2.54. The highest BCUT2D eigenvalue weighted by atomic mass is 31.2. The van der Waals surface area contributed by atoms with Crippen LogP contribution in [0.25, 0.3) is 0 Å². The van der Waals surface area contributed by atoms with Crippen LogP contribution >= 0.6 is 7.60 Å². The Morgan fingerprint density at radius 3 is 2.38 bits per heavy atom. The van der Waals surface area contributed by atoms with Crippen LogP contribution in [-0.2, 0) is 4.57 Å². The maximum Gasteiger partial charge on any atom is 0.329 e. The van der Waals surface area contributed by atoms with Crippen LogP contribution in [0.2, 0.25) is 0 Å². The summed E-state index contributed by atoms with van der Waals surface area (Å²) in [6.07, 6.45) is 2.36. The number of allylic oxidation sites excluding steroid dienone is 1. The van der Waals surface area contributed by atoms with E-state index >= 15 is 0 Å². The maximum atomic E-state index is 10.9. The first-order valence-electron chi connectivity index (χ1n) is 4.35. The first-order chi connectivity index (χ1) is 7.33. The molecule has 88 valence electrons. The molecular weight excluding hydrogens is 235 g/mol. The Hall–Kier alpha value is -1.43. The molecule has 0 aliphatic carbocycles. The van der Waals surface area contributed by atoms with Crippen molar-refractivity contribution in [1.29, 1.82) is 0 Å². The van der Waals surface area contributed by atoms with Crippen molar-refractivity contribution in [1.82, 2.24) is 0 Å². The van der Waals surface area contributed by atoms with Gasteiger partial charge in [0.25, 0.3) is 10.9 Å². The second kappa shape index (κ2) is 4.61. The molecule has 0 aliphatic heterocycles. The van der Waals surface area contributed by atoms with E-state index in [4.69, 9.17) is 15.5 Å². The molecule has 0 aliphatic rings. The van der Waals surface area contributed by atoms with E-state index in [9.17, 15) is 14.2 Å². The van der Waals surface area contributed by atoms with Crippen LogP contribution in [0.1, 0.15) is 0 Å². The number of hydrogen-bond donors (Lipinski definition) is 4. The van der Waals surface area contributed by atoms with Gasteiger partial charge >= 0.3 is 7.60 Å². The molecule has 1 aromatic carbocycles. The molecule has 0 fully saturated rings. The molecule has 1 aromatic rings. The standard InChI is InChI=1S/C8H11N2O5P/c9-5-6(8(12)7(5)11)10-3-1-2-4-16(13,14)15/h1-2,10H,3-4,9H2,(H2,13,14,15)/b2-1+. The maximum absolute atomic E-state index is 10.9. The van der Waals surface area contributed by atoms with Gasteiger partial charge in [-0.1, -0.05) is 12.2 Å². The zero-order valence-electron chi connectivity index (χ0n) is 8.21. The third kappa shape index (κ3) is 3.03. The minimum Gasteiger partial charge on any atom is -0.394 e. The smallest absolute Gasteiger partial charge is 0.329 e. The summed E-state index contributed by atoms with van der Waals surface area (Å²) < 4.78 is 10.4. The molecule has 0 radical (unpaired) electrons. The molecule has 1 rings (SSSR count). The molecule has 0 aromatic heterocycles. The summed E-state index contributed by atoms with van der Waals surface area (Å²) in [4.78, 5) is 38.6. The van der Waals surface area contributed by atoms with Crippen LogP contribution in [0.3, 0.4) is 0 Å². The largest absolute Gasteiger partial charge is 0.394 e. The molecule has 0 heterocycles. The summed E-state index contributed by atoms with van der Waals surface area (Å²) in [5.41, 5.74) is 3.82. The Morgan fingerprint density at radius 2 is 1.88 bits per heavy atom. The Balaban J connectivity index is 2.41. The number of anilines is 2. The topological polar surface area (TPSA) is 130 Å². The number of nitrogen functional groups attached to an aromatic ring is 1. The van der Waals surface area contributed by atoms with Crippen molar-refractivity contribution in [3.63, 3.8) is 0 Å². The molecule has 5 N–H and O–H groups in total. The molecule has 0 unspecified atom stereocenters. The van der Waals surface area contributed by atoms with Gasteiger partial charge in [-0.25, -0.2) is 0 Å². The summed E-state index contributed by atoms with van der Waals surface area (Å²) >= 11 is 0. The second-order valence-electron chi connectivity index (χ2n) is 3.15. The molecule has 0 saturated carbocycles. The lowest BCUT2D eigenvalue weighted by molar-refractivity contribution is 0.377. The van der Waals surface area contributed by atoms with Gasteiger partial charge in [-0.3, -0.25) is 14.2 Å². The quantitative estimate of drug-likeness (QED) is 0.298. The average Bonchev–Trinajstić information content (AvgIpc) is 2.20. The number of hydrogen-bond acceptors (Lipinski definition) is 5. The zero-order chi connectivity index (χ0) is 12.3. The van der Waals surface area contributed by atoms with E-state index in [0.717, 1.165) is 0 Å². The van der Waals surface area contributed by atoms with Gasteiger partial charge in [-0.05, 0) is 0 Å². The Bertz CT molecular complexity index is 523. The van der Waals surface area contributed by atoms with Crippen LogP contribution in [0.15, 0.2) is 21.7 Å². The highest BCUT2D eigenvalue weighted by Crippen LogP contribution is 2.33. The van der Waals surface area contributed by atoms with Gasteiger partial charge < -0.3 is 20.8 Å². The molecule has 0 spiro atoms. The summed E-state index contributed by atoms with van der Waals surface area (Å²) in [6, 6.07) is 0. The average molecular weight is 246 g/mol. The predicted molar refractivity (Wildman–Crippen MR) is 60.3 cm³/mol. The summed E-state index contributed by atoms with van der Waals surface area (Å²) in [5, 5.41) is 2.58. The van der Waals surface area contributed by atoms with E-state index in [0.29, 0.717) is 0 Å². The van der Waals surface area contributed by atoms with Gasteiger partial charge in [0.15, 0.2) is 0 Å². The highest BCUT2D eigenvalue weighted by molar-refractivity contribution is 7.51. The lowest BCUT2D eigenvalue weighted by Crippen LogP contribution is -2.37. The molecule has 16 heavy (non-hydrogen) atoms. The monoisotopic (exact) mass is 246 g/mol. The van der Waals surface area contributed by atoms with Gasteiger partial charge in [-0.2, -0.15) is 0 Å². The van der Waals surface area contributed by atoms with E-state index in [-0.39, 0.29) is 24.1 Å². The molecule has 0 bridgehead atoms. The number of nitrogens with two attached hydrogens (primary N) is 1. The summed E-state index contributed by atoms with van der Waals surface area (Å²) in [6.45, 7) is 0.176. The normalized spacial score (nSPS) is 12.4. The Labute approximate surface area is 90.4 Å². The fourth-order valence-electron chi connectivity index (χ4n) is 1.04. The molecule has 7 nitrogen and oxygen atoms in total. The van der Waals surface area contributed by atoms with Crippen molar-refractivity contribution in [3.8, 4) is 0 Å². The van der Waals surface area contributed by atoms with E-state index in [1.807, 2.05) is 0 Å². The van der Waals surface area contributed by atoms with Gasteiger partial charge in [0.2, 0.25) is 0 Å². The van der Waals surface area contributed by atoms with E-state index in [2.05, 4.69) is 5.32 Å². The van der Waals surface area contributed by atoms with Crippen molar-refractivity contribution in [2.45, 2.75) is 0 Å². The lowest BCUT2D eigenvalue weighted by atomic mass is 10.2. The minimum atomic E-state index is -4.03. The van der Waals surface area contributed by atoms with Crippen molar-refractivity contribution in [3.05, 3.63) is 32.6 Å². The highest BCUT2D eigenvalue weighted by Gasteiger charge is 2.16. The van der Waals surface area contributed by atoms with Gasteiger partial charge in [0.05, 0.1) is 6.16 Å². The van der Waals surface area contributed by atoms with Crippen LogP contribution in [0.5, 0.6) is 0 Å². The SMILES string of the molecule is Nc1c(NC/C=C/CP(=O)(O)O)c(=O)c1=O. The van der Waals surface area contributed by atoms with Gasteiger partial charge in [0.1, 0.15) is 11.4 Å². The van der Waals surface area contributed by atoms with Crippen molar-refractivity contribution >= 4 is 19.0 Å². The van der Waals surface area contributed by atoms with Crippen LogP contribution < -0.4 is 21.9 Å². The molecule has 8 heteroatoms. The van der Waals surface area contributed by atoms with Crippen molar-refractivity contribution in [2.75, 3.05) is 23.8 Å². The first-order valence-corrected chi connectivity index (χ1v) is 6.15. The summed E-state index contributed by atoms with van der Waals surface area (Å²) in [7, 11) is -4.03. The Kier molecular flexibility index (Phi) is 3.64. The second-order valence-corrected chi connectivity index (χ2v) is 4.84. The van der Waals surface area contributed by atoms with Crippen LogP contribution in [0, 0.1) is 0 Å². The molecule has 0 saturated heterocycles. The fraction of sp³-hybridized carbons (Fsp3) is 0.250. The van der Waals surface area contributed by atoms with E-state index in [1.54, 1.807) is 0 Å². The van der Waals surface area contributed by atoms with Crippen molar-refractivity contribution < 1.29 is 14.4 Å². The number of rotatable bonds is 5. The summed E-state index contributed by atoms with van der Waals surface area (Å²) in [5.74, 6) is 0. The van der Waals surface area contributed by atoms with E-state index < -0.39 is 18.5 Å². The van der Waals surface area contributed by atoms with Crippen LogP contribution in [-0.4, -0.2) is 22.5 Å². The third-order valence-electron chi connectivity index (χ3n) is 1.85. The lowest BCUT2D eigenvalue weighted by Gasteiger charge is -2.07. The first kappa shape index (κ1) is 12.6. The molecule has 0 amide bonds. The number of nitrogens with one attached hydrogen (secondary N) is 1. The minimum absolute atomic E-state index is 0.0610. The molecule has 0 atom stereocenters. The van der Waals surface area contributed by atoms with Gasteiger partial charge in [0, 0.05) is 6.54 Å². The Morgan fingerprint density at radius 1 is 1.25 bits per heavy atom. The van der Waals surface area contributed by atoms with Gasteiger partial charge in [-0.15, -0.1) is 0 Å². The van der Waals surface area contributed by atoms with Crippen molar-refractivity contribution in [2.24, 2.45) is 0 Å². The zero-order valence-corrected chi connectivity index (χ0v) is 9.11. The van der Waals surface area contributed by atoms with Crippen LogP contribution in [0.4, 0.5) is 11.4 Å².